The molecule has 0 unspecified atom stereocenters. The van der Waals surface area contributed by atoms with Gasteiger partial charge in [-0.05, 0) is 43.7 Å². The third-order valence-electron chi connectivity index (χ3n) is 2.86. The topological polar surface area (TPSA) is 54.0 Å². The van der Waals surface area contributed by atoms with Gasteiger partial charge in [-0.3, -0.25) is 4.79 Å². The summed E-state index contributed by atoms with van der Waals surface area (Å²) in [6, 6.07) is 6.63. The molecule has 0 saturated carbocycles. The molecule has 0 aliphatic rings. The Kier molecular flexibility index (Phi) is 4.90. The van der Waals surface area contributed by atoms with Crippen molar-refractivity contribution in [3.63, 3.8) is 0 Å². The summed E-state index contributed by atoms with van der Waals surface area (Å²) in [5.74, 6) is -0.585. The lowest BCUT2D eigenvalue weighted by Gasteiger charge is -2.11. The van der Waals surface area contributed by atoms with Gasteiger partial charge in [0.25, 0.3) is 5.91 Å². The number of aromatic nitrogens is 1. The van der Waals surface area contributed by atoms with Crippen molar-refractivity contribution in [3.05, 3.63) is 51.9 Å². The standard InChI is InChI=1S/C15H15BrFN3O/c1-3-18-14-12(7-10(17)8-19-14)15(21)20-11-4-5-13(16)9(2)6-11/h4-8H,3H2,1-2H3,(H,18,19)(H,20,21). The number of carbonyl (C=O) groups is 1. The summed E-state index contributed by atoms with van der Waals surface area (Å²) < 4.78 is 14.3. The number of nitrogens with zero attached hydrogens (tertiary/aromatic N) is 1. The lowest BCUT2D eigenvalue weighted by molar-refractivity contribution is 0.102. The molecule has 0 radical (unpaired) electrons. The van der Waals surface area contributed by atoms with Crippen LogP contribution in [0, 0.1) is 12.7 Å². The Bertz CT molecular complexity index is 676. The predicted molar refractivity (Wildman–Crippen MR) is 85.2 cm³/mol. The van der Waals surface area contributed by atoms with Crippen molar-refractivity contribution in [3.8, 4) is 0 Å². The first kappa shape index (κ1) is 15.4. The SMILES string of the molecule is CCNc1ncc(F)cc1C(=O)Nc1ccc(Br)c(C)c1. The molecular weight excluding hydrogens is 337 g/mol. The zero-order valence-corrected chi connectivity index (χ0v) is 13.3. The Morgan fingerprint density at radius 3 is 2.81 bits per heavy atom. The van der Waals surface area contributed by atoms with Crippen molar-refractivity contribution in [1.29, 1.82) is 0 Å². The molecule has 2 N–H and O–H groups in total. The van der Waals surface area contributed by atoms with E-state index in [9.17, 15) is 9.18 Å². The molecule has 1 aromatic heterocycles. The quantitative estimate of drug-likeness (QED) is 0.875. The molecule has 0 atom stereocenters. The van der Waals surface area contributed by atoms with Gasteiger partial charge in [-0.1, -0.05) is 15.9 Å². The molecule has 0 bridgehead atoms. The van der Waals surface area contributed by atoms with Crippen LogP contribution in [-0.4, -0.2) is 17.4 Å². The third-order valence-corrected chi connectivity index (χ3v) is 3.75. The van der Waals surface area contributed by atoms with E-state index >= 15 is 0 Å². The van der Waals surface area contributed by atoms with E-state index in [-0.39, 0.29) is 5.56 Å². The highest BCUT2D eigenvalue weighted by molar-refractivity contribution is 9.10. The van der Waals surface area contributed by atoms with E-state index in [0.717, 1.165) is 16.2 Å². The van der Waals surface area contributed by atoms with Crippen LogP contribution in [0.2, 0.25) is 0 Å². The van der Waals surface area contributed by atoms with Gasteiger partial charge < -0.3 is 10.6 Å². The average Bonchev–Trinajstić information content (AvgIpc) is 2.45. The number of benzene rings is 1. The Morgan fingerprint density at radius 2 is 2.14 bits per heavy atom. The Balaban J connectivity index is 2.27. The molecule has 1 amide bonds. The Hall–Kier alpha value is -1.95. The summed E-state index contributed by atoms with van der Waals surface area (Å²) in [5, 5.41) is 5.69. The van der Waals surface area contributed by atoms with Gasteiger partial charge in [0, 0.05) is 16.7 Å². The van der Waals surface area contributed by atoms with Crippen molar-refractivity contribution in [2.24, 2.45) is 0 Å². The van der Waals surface area contributed by atoms with Gasteiger partial charge in [-0.25, -0.2) is 9.37 Å². The molecule has 0 aliphatic heterocycles. The van der Waals surface area contributed by atoms with E-state index in [2.05, 4.69) is 31.5 Å². The zero-order chi connectivity index (χ0) is 15.4. The molecule has 2 aromatic rings. The number of hydrogen-bond donors (Lipinski definition) is 2. The van der Waals surface area contributed by atoms with Crippen molar-refractivity contribution in [2.75, 3.05) is 17.2 Å². The fourth-order valence-corrected chi connectivity index (χ4v) is 2.09. The number of amides is 1. The van der Waals surface area contributed by atoms with Crippen LogP contribution in [0.4, 0.5) is 15.9 Å². The van der Waals surface area contributed by atoms with Crippen molar-refractivity contribution in [1.82, 2.24) is 4.98 Å². The van der Waals surface area contributed by atoms with Crippen LogP contribution >= 0.6 is 15.9 Å². The van der Waals surface area contributed by atoms with E-state index in [1.54, 1.807) is 6.07 Å². The van der Waals surface area contributed by atoms with Gasteiger partial charge in [0.05, 0.1) is 11.8 Å². The van der Waals surface area contributed by atoms with Crippen LogP contribution in [-0.2, 0) is 0 Å². The fourth-order valence-electron chi connectivity index (χ4n) is 1.84. The van der Waals surface area contributed by atoms with Gasteiger partial charge >= 0.3 is 0 Å². The van der Waals surface area contributed by atoms with Crippen molar-refractivity contribution >= 4 is 33.3 Å². The number of pyridine rings is 1. The van der Waals surface area contributed by atoms with Crippen LogP contribution < -0.4 is 10.6 Å². The highest BCUT2D eigenvalue weighted by Crippen LogP contribution is 2.21. The molecule has 21 heavy (non-hydrogen) atoms. The first-order valence-electron chi connectivity index (χ1n) is 6.48. The maximum atomic E-state index is 13.3. The Labute approximate surface area is 130 Å². The highest BCUT2D eigenvalue weighted by atomic mass is 79.9. The van der Waals surface area contributed by atoms with Crippen LogP contribution in [0.5, 0.6) is 0 Å². The van der Waals surface area contributed by atoms with Crippen molar-refractivity contribution in [2.45, 2.75) is 13.8 Å². The predicted octanol–water partition coefficient (Wildman–Crippen LogP) is 3.98. The van der Waals surface area contributed by atoms with Crippen LogP contribution in [0.3, 0.4) is 0 Å². The summed E-state index contributed by atoms with van der Waals surface area (Å²) in [6.07, 6.45) is 1.08. The minimum absolute atomic E-state index is 0.178. The maximum absolute atomic E-state index is 13.3. The van der Waals surface area contributed by atoms with Gasteiger partial charge in [-0.15, -0.1) is 0 Å². The van der Waals surface area contributed by atoms with Gasteiger partial charge in [0.15, 0.2) is 0 Å². The summed E-state index contributed by atoms with van der Waals surface area (Å²) in [7, 11) is 0. The minimum Gasteiger partial charge on any atom is -0.370 e. The zero-order valence-electron chi connectivity index (χ0n) is 11.7. The lowest BCUT2D eigenvalue weighted by Crippen LogP contribution is -2.16. The number of nitrogens with one attached hydrogen (secondary N) is 2. The Morgan fingerprint density at radius 1 is 1.38 bits per heavy atom. The van der Waals surface area contributed by atoms with Crippen LogP contribution in [0.1, 0.15) is 22.8 Å². The first-order chi connectivity index (χ1) is 10.0. The minimum atomic E-state index is -0.547. The molecule has 0 fully saturated rings. The number of hydrogen-bond acceptors (Lipinski definition) is 3. The molecule has 110 valence electrons. The number of rotatable bonds is 4. The summed E-state index contributed by atoms with van der Waals surface area (Å²) in [6.45, 7) is 4.40. The molecular formula is C15H15BrFN3O. The van der Waals surface area contributed by atoms with Crippen LogP contribution in [0.25, 0.3) is 0 Å². The average molecular weight is 352 g/mol. The van der Waals surface area contributed by atoms with Crippen LogP contribution in [0.15, 0.2) is 34.9 Å². The molecule has 4 nitrogen and oxygen atoms in total. The number of anilines is 2. The second kappa shape index (κ2) is 6.67. The van der Waals surface area contributed by atoms with Gasteiger partial charge in [0.2, 0.25) is 0 Å². The summed E-state index contributed by atoms with van der Waals surface area (Å²) in [5.41, 5.74) is 1.82. The number of carbonyl (C=O) groups excluding carboxylic acids is 1. The largest absolute Gasteiger partial charge is 0.370 e. The van der Waals surface area contributed by atoms with E-state index in [1.807, 2.05) is 26.0 Å². The fraction of sp³-hybridized carbons (Fsp3) is 0.200. The summed E-state index contributed by atoms with van der Waals surface area (Å²) in [4.78, 5) is 16.2. The lowest BCUT2D eigenvalue weighted by atomic mass is 10.2. The second-order valence-corrected chi connectivity index (χ2v) is 5.35. The molecule has 0 aliphatic carbocycles. The van der Waals surface area contributed by atoms with Crippen molar-refractivity contribution < 1.29 is 9.18 Å². The first-order valence-corrected chi connectivity index (χ1v) is 7.27. The number of halogens is 2. The van der Waals surface area contributed by atoms with E-state index in [4.69, 9.17) is 0 Å². The molecule has 2 rings (SSSR count). The molecule has 0 saturated heterocycles. The van der Waals surface area contributed by atoms with Gasteiger partial charge in [-0.2, -0.15) is 0 Å². The van der Waals surface area contributed by atoms with E-state index in [1.165, 1.54) is 6.07 Å². The second-order valence-electron chi connectivity index (χ2n) is 4.50. The monoisotopic (exact) mass is 351 g/mol. The number of aryl methyl sites for hydroxylation is 1. The maximum Gasteiger partial charge on any atom is 0.259 e. The van der Waals surface area contributed by atoms with E-state index in [0.29, 0.717) is 18.1 Å². The van der Waals surface area contributed by atoms with Gasteiger partial charge in [0.1, 0.15) is 11.6 Å². The molecule has 1 aromatic carbocycles. The normalized spacial score (nSPS) is 10.3. The molecule has 6 heteroatoms. The third kappa shape index (κ3) is 3.78. The molecule has 0 spiro atoms. The van der Waals surface area contributed by atoms with E-state index < -0.39 is 11.7 Å². The summed E-state index contributed by atoms with van der Waals surface area (Å²) >= 11 is 3.40. The molecule has 1 heterocycles. The highest BCUT2D eigenvalue weighted by Gasteiger charge is 2.14. The smallest absolute Gasteiger partial charge is 0.259 e.